The van der Waals surface area contributed by atoms with Gasteiger partial charge in [-0.25, -0.2) is 27.3 Å². The Morgan fingerprint density at radius 2 is 1.86 bits per heavy atom. The van der Waals surface area contributed by atoms with Crippen LogP contribution in [0.15, 0.2) is 34.0 Å². The van der Waals surface area contributed by atoms with Crippen LogP contribution in [-0.4, -0.2) is 47.7 Å². The van der Waals surface area contributed by atoms with Crippen molar-refractivity contribution >= 4 is 16.1 Å². The van der Waals surface area contributed by atoms with Gasteiger partial charge in [-0.1, -0.05) is 12.1 Å². The Morgan fingerprint density at radius 1 is 1.29 bits per heavy atom. The molecule has 0 spiro atoms. The molecule has 0 aliphatic heterocycles. The van der Waals surface area contributed by atoms with E-state index in [9.17, 15) is 31.2 Å². The second kappa shape index (κ2) is 9.42. The summed E-state index contributed by atoms with van der Waals surface area (Å²) in [5, 5.41) is 3.44. The molecular weight excluding hydrogens is 424 g/mol. The average Bonchev–Trinajstić information content (AvgIpc) is 2.81. The number of carbonyl (C=O) groups excluding carboxylic acids is 1. The first-order valence-corrected chi connectivity index (χ1v) is 8.06. The maximum Gasteiger partial charge on any atom is 1.00 e. The molecule has 0 fully saturated rings. The molecule has 2 rings (SSSR count). The number of alkyl halides is 3. The molecule has 152 valence electrons. The predicted octanol–water partition coefficient (Wildman–Crippen LogP) is -3.27. The summed E-state index contributed by atoms with van der Waals surface area (Å²) in [5.41, 5.74) is -1.03. The molecule has 28 heavy (non-hydrogen) atoms. The van der Waals surface area contributed by atoms with Gasteiger partial charge in [0.2, 0.25) is 0 Å². The van der Waals surface area contributed by atoms with E-state index in [0.717, 1.165) is 35.9 Å². The number of halogens is 3. The number of hydrogen-bond acceptors (Lipinski definition) is 7. The van der Waals surface area contributed by atoms with Gasteiger partial charge < -0.3 is 16.4 Å². The molecule has 11 nitrogen and oxygen atoms in total. The molecule has 0 atom stereocenters. The van der Waals surface area contributed by atoms with Gasteiger partial charge in [0.25, 0.3) is 10.0 Å². The normalized spacial score (nSPS) is 11.0. The second-order valence-corrected chi connectivity index (χ2v) is 6.30. The van der Waals surface area contributed by atoms with Crippen molar-refractivity contribution < 1.29 is 72.3 Å². The van der Waals surface area contributed by atoms with E-state index in [4.69, 9.17) is 4.74 Å². The van der Waals surface area contributed by atoms with Crippen LogP contribution >= 0.6 is 0 Å². The van der Waals surface area contributed by atoms with Crippen LogP contribution in [0.5, 0.6) is 11.8 Å². The maximum absolute atomic E-state index is 12.4. The van der Waals surface area contributed by atoms with Crippen LogP contribution in [0.25, 0.3) is 0 Å². The van der Waals surface area contributed by atoms with Gasteiger partial charge in [-0.3, -0.25) is 0 Å². The van der Waals surface area contributed by atoms with Crippen LogP contribution in [0.3, 0.4) is 0 Å². The van der Waals surface area contributed by atoms with Gasteiger partial charge in [0.05, 0.1) is 7.11 Å². The molecule has 0 saturated carbocycles. The Balaban J connectivity index is 0. The van der Waals surface area contributed by atoms with E-state index >= 15 is 0 Å². The number of aromatic nitrogens is 3. The van der Waals surface area contributed by atoms with E-state index in [0.29, 0.717) is 0 Å². The summed E-state index contributed by atoms with van der Waals surface area (Å²) >= 11 is 0. The van der Waals surface area contributed by atoms with Crippen molar-refractivity contribution in [3.8, 4) is 11.8 Å². The molecule has 1 heterocycles. The Kier molecular flexibility index (Phi) is 8.72. The molecule has 1 aromatic carbocycles. The van der Waals surface area contributed by atoms with Gasteiger partial charge in [0, 0.05) is 7.05 Å². The molecule has 1 aromatic heterocycles. The minimum Gasteiger partial charge on any atom is -1.00 e. The van der Waals surface area contributed by atoms with Gasteiger partial charge in [0.1, 0.15) is 10.6 Å². The van der Waals surface area contributed by atoms with Crippen molar-refractivity contribution in [2.75, 3.05) is 7.11 Å². The summed E-state index contributed by atoms with van der Waals surface area (Å²) in [4.78, 5) is 22.9. The summed E-state index contributed by atoms with van der Waals surface area (Å²) in [6, 6.07) is 1.97. The monoisotopic (exact) mass is 438 g/mol. The number of methoxy groups -OCH3 is 1. The number of sulfonamides is 1. The molecule has 16 heteroatoms. The van der Waals surface area contributed by atoms with Gasteiger partial charge in [-0.15, -0.1) is 23.0 Å². The summed E-state index contributed by atoms with van der Waals surface area (Å²) in [7, 11) is -2.45. The third kappa shape index (κ3) is 5.71. The van der Waals surface area contributed by atoms with Crippen LogP contribution in [0.4, 0.5) is 18.0 Å². The fraction of sp³-hybridized carbons (Fsp3) is 0.250. The summed E-state index contributed by atoms with van der Waals surface area (Å²) < 4.78 is 72.4. The van der Waals surface area contributed by atoms with E-state index in [1.54, 1.807) is 0 Å². The zero-order valence-electron chi connectivity index (χ0n) is 15.6. The van der Waals surface area contributed by atoms with Crippen molar-refractivity contribution in [3.05, 3.63) is 34.7 Å². The standard InChI is InChI=1S/C12H11F3N4O6S.Na.H2O.H/c1-18-10(24-2)16-19(11(18)21)9(20)17-26(22,23)8-6-4-3-5-7(8)25-12(13,14)15;;;/h3-6H,1-2H3,(H,17,20);;1H2;/q;+1;;-1. The van der Waals surface area contributed by atoms with Crippen LogP contribution in [0, 0.1) is 0 Å². The first kappa shape index (κ1) is 25.9. The zero-order chi connectivity index (χ0) is 19.7. The quantitative estimate of drug-likeness (QED) is 0.492. The number of hydrogen-bond donors (Lipinski definition) is 1. The Hall–Kier alpha value is -2.07. The third-order valence-electron chi connectivity index (χ3n) is 2.90. The number of para-hydroxylation sites is 1. The fourth-order valence-electron chi connectivity index (χ4n) is 1.82. The van der Waals surface area contributed by atoms with Gasteiger partial charge in [-0.05, 0) is 12.1 Å². The van der Waals surface area contributed by atoms with E-state index in [1.807, 2.05) is 0 Å². The Bertz CT molecular complexity index is 1010. The molecule has 3 N–H and O–H groups in total. The first-order valence-electron chi connectivity index (χ1n) is 6.58. The minimum atomic E-state index is -5.15. The third-order valence-corrected chi connectivity index (χ3v) is 4.26. The Labute approximate surface area is 179 Å². The topological polar surface area (TPSA) is 153 Å². The molecule has 0 saturated heterocycles. The van der Waals surface area contributed by atoms with Gasteiger partial charge >= 0.3 is 53.7 Å². The largest absolute Gasteiger partial charge is 1.00 e. The van der Waals surface area contributed by atoms with Crippen molar-refractivity contribution in [2.45, 2.75) is 11.3 Å². The maximum atomic E-state index is 12.4. The number of rotatable bonds is 4. The number of nitrogens with zero attached hydrogens (tertiary/aromatic N) is 3. The molecule has 0 unspecified atom stereocenters. The van der Waals surface area contributed by atoms with Crippen molar-refractivity contribution in [3.63, 3.8) is 0 Å². The van der Waals surface area contributed by atoms with E-state index < -0.39 is 38.8 Å². The number of benzene rings is 1. The van der Waals surface area contributed by atoms with E-state index in [-0.39, 0.29) is 47.2 Å². The number of ether oxygens (including phenoxy) is 2. The van der Waals surface area contributed by atoms with Crippen molar-refractivity contribution in [1.29, 1.82) is 0 Å². The van der Waals surface area contributed by atoms with Gasteiger partial charge in [0.15, 0.2) is 0 Å². The fourth-order valence-corrected chi connectivity index (χ4v) is 2.88. The molecule has 0 aliphatic carbocycles. The predicted molar refractivity (Wildman–Crippen MR) is 83.0 cm³/mol. The molecule has 1 amide bonds. The smallest absolute Gasteiger partial charge is 1.00 e. The summed E-state index contributed by atoms with van der Waals surface area (Å²) in [6.45, 7) is 0. The van der Waals surface area contributed by atoms with Crippen LogP contribution in [0.1, 0.15) is 1.43 Å². The van der Waals surface area contributed by atoms with Crippen molar-refractivity contribution in [2.24, 2.45) is 7.05 Å². The minimum absolute atomic E-state index is 0. The van der Waals surface area contributed by atoms with Crippen LogP contribution < -0.4 is 49.4 Å². The zero-order valence-corrected chi connectivity index (χ0v) is 17.5. The second-order valence-electron chi connectivity index (χ2n) is 4.65. The van der Waals surface area contributed by atoms with E-state index in [1.165, 1.54) is 11.8 Å². The molecule has 2 aromatic rings. The molecule has 0 radical (unpaired) electrons. The number of carbonyl (C=O) groups is 1. The molecule has 0 bridgehead atoms. The molecular formula is C12H14F3N4NaO7S. The summed E-state index contributed by atoms with van der Waals surface area (Å²) in [5.74, 6) is -1.05. The average molecular weight is 438 g/mol. The van der Waals surface area contributed by atoms with Crippen LogP contribution in [0.2, 0.25) is 0 Å². The number of nitrogens with one attached hydrogen (secondary N) is 1. The Morgan fingerprint density at radius 3 is 2.36 bits per heavy atom. The first-order chi connectivity index (χ1) is 12.0. The van der Waals surface area contributed by atoms with Crippen LogP contribution in [-0.2, 0) is 17.1 Å². The number of amides is 1. The molecule has 0 aliphatic rings. The SMILES string of the molecule is COc1nn(C(=O)NS(=O)(=O)c2ccccc2OC(F)(F)F)c(=O)n1C.O.[H-].[Na+]. The van der Waals surface area contributed by atoms with Gasteiger partial charge in [-0.2, -0.15) is 0 Å². The summed E-state index contributed by atoms with van der Waals surface area (Å²) in [6.07, 6.45) is -5.15. The van der Waals surface area contributed by atoms with Crippen molar-refractivity contribution in [1.82, 2.24) is 19.1 Å². The van der Waals surface area contributed by atoms with E-state index in [2.05, 4.69) is 9.84 Å².